The first-order valence-corrected chi connectivity index (χ1v) is 9.59. The van der Waals surface area contributed by atoms with Crippen molar-refractivity contribution in [3.63, 3.8) is 0 Å². The third-order valence-electron chi connectivity index (χ3n) is 5.43. The van der Waals surface area contributed by atoms with E-state index < -0.39 is 0 Å². The molecule has 0 bridgehead atoms. The Kier molecular flexibility index (Phi) is 4.91. The number of carbonyl (C=O) groups is 1. The summed E-state index contributed by atoms with van der Waals surface area (Å²) in [7, 11) is 3.74. The molecule has 0 aliphatic carbocycles. The number of hydrogen-bond acceptors (Lipinski definition) is 5. The molecule has 148 valence electrons. The fourth-order valence-electron chi connectivity index (χ4n) is 3.95. The molecule has 1 fully saturated rings. The minimum Gasteiger partial charge on any atom is -0.340 e. The van der Waals surface area contributed by atoms with Gasteiger partial charge in [-0.25, -0.2) is 10.4 Å². The Balaban J connectivity index is 1.40. The quantitative estimate of drug-likeness (QED) is 0.696. The highest BCUT2D eigenvalue weighted by atomic mass is 16.2. The minimum absolute atomic E-state index is 0.0884. The summed E-state index contributed by atoms with van der Waals surface area (Å²) in [5, 5.41) is 4.35. The van der Waals surface area contributed by atoms with E-state index in [1.807, 2.05) is 52.3 Å². The molecule has 8 heteroatoms. The van der Waals surface area contributed by atoms with Gasteiger partial charge in [-0.05, 0) is 32.4 Å². The SMILES string of the molecule is Cc1nn(C)cc1CN(C)C(=O)C1CC(Cn2c(C)nc3ccccc32)NN1. The number of imidazole rings is 1. The van der Waals surface area contributed by atoms with Crippen molar-refractivity contribution in [3.8, 4) is 0 Å². The van der Waals surface area contributed by atoms with Crippen LogP contribution in [0.15, 0.2) is 30.5 Å². The molecule has 2 unspecified atom stereocenters. The Labute approximate surface area is 164 Å². The van der Waals surface area contributed by atoms with Crippen molar-refractivity contribution in [2.24, 2.45) is 7.05 Å². The maximum Gasteiger partial charge on any atom is 0.241 e. The Bertz CT molecular complexity index is 1010. The molecular formula is C20H27N7O. The van der Waals surface area contributed by atoms with Gasteiger partial charge in [0.1, 0.15) is 11.9 Å². The van der Waals surface area contributed by atoms with E-state index in [4.69, 9.17) is 0 Å². The molecular weight excluding hydrogens is 354 g/mol. The second kappa shape index (κ2) is 7.37. The third-order valence-corrected chi connectivity index (χ3v) is 5.43. The molecule has 1 amide bonds. The van der Waals surface area contributed by atoms with E-state index in [1.54, 1.807) is 9.58 Å². The second-order valence-corrected chi connectivity index (χ2v) is 7.64. The summed E-state index contributed by atoms with van der Waals surface area (Å²) >= 11 is 0. The number of amides is 1. The van der Waals surface area contributed by atoms with E-state index in [0.717, 1.165) is 41.1 Å². The van der Waals surface area contributed by atoms with Crippen molar-refractivity contribution < 1.29 is 4.79 Å². The molecule has 1 aliphatic heterocycles. The number of benzene rings is 1. The molecule has 1 aliphatic rings. The van der Waals surface area contributed by atoms with Crippen molar-refractivity contribution in [2.75, 3.05) is 7.05 Å². The number of aromatic nitrogens is 4. The van der Waals surface area contributed by atoms with Crippen molar-refractivity contribution in [3.05, 3.63) is 47.5 Å². The summed E-state index contributed by atoms with van der Waals surface area (Å²) in [4.78, 5) is 19.3. The topological polar surface area (TPSA) is 80.0 Å². The van der Waals surface area contributed by atoms with Crippen LogP contribution in [-0.2, 0) is 24.9 Å². The van der Waals surface area contributed by atoms with Gasteiger partial charge in [-0.1, -0.05) is 12.1 Å². The van der Waals surface area contributed by atoms with Crippen molar-refractivity contribution in [2.45, 2.75) is 45.4 Å². The number of para-hydroxylation sites is 2. The summed E-state index contributed by atoms with van der Waals surface area (Å²) in [6.07, 6.45) is 2.70. The highest BCUT2D eigenvalue weighted by Gasteiger charge is 2.32. The molecule has 1 aromatic carbocycles. The monoisotopic (exact) mass is 381 g/mol. The lowest BCUT2D eigenvalue weighted by Gasteiger charge is -2.20. The standard InChI is InChI=1S/C20H27N7O/c1-13-15(11-26(4)24-13)10-25(3)20(28)18-9-16(22-23-18)12-27-14(2)21-17-7-5-6-8-19(17)27/h5-8,11,16,18,22-23H,9-10,12H2,1-4H3. The number of aryl methyl sites for hydroxylation is 3. The van der Waals surface area contributed by atoms with E-state index in [-0.39, 0.29) is 18.0 Å². The number of carbonyl (C=O) groups excluding carboxylic acids is 1. The van der Waals surface area contributed by atoms with Crippen molar-refractivity contribution >= 4 is 16.9 Å². The van der Waals surface area contributed by atoms with Crippen LogP contribution in [0.4, 0.5) is 0 Å². The first-order valence-electron chi connectivity index (χ1n) is 9.59. The van der Waals surface area contributed by atoms with Crippen molar-refractivity contribution in [1.82, 2.24) is 35.1 Å². The maximum absolute atomic E-state index is 12.9. The third kappa shape index (κ3) is 3.53. The zero-order valence-corrected chi connectivity index (χ0v) is 16.8. The Hall–Kier alpha value is -2.71. The zero-order chi connectivity index (χ0) is 19.8. The summed E-state index contributed by atoms with van der Waals surface area (Å²) in [6, 6.07) is 8.08. The summed E-state index contributed by atoms with van der Waals surface area (Å²) in [6.45, 7) is 5.33. The van der Waals surface area contributed by atoms with Crippen LogP contribution in [0.5, 0.6) is 0 Å². The first-order chi connectivity index (χ1) is 13.4. The van der Waals surface area contributed by atoms with Gasteiger partial charge in [0.25, 0.3) is 0 Å². The number of nitrogens with zero attached hydrogens (tertiary/aromatic N) is 5. The summed E-state index contributed by atoms with van der Waals surface area (Å²) in [5.41, 5.74) is 10.6. The highest BCUT2D eigenvalue weighted by molar-refractivity contribution is 5.82. The molecule has 0 saturated carbocycles. The van der Waals surface area contributed by atoms with E-state index in [0.29, 0.717) is 6.54 Å². The van der Waals surface area contributed by atoms with Crippen LogP contribution in [0.2, 0.25) is 0 Å². The van der Waals surface area contributed by atoms with Crippen LogP contribution in [0.25, 0.3) is 11.0 Å². The van der Waals surface area contributed by atoms with Gasteiger partial charge in [-0.15, -0.1) is 0 Å². The molecule has 3 aromatic rings. The van der Waals surface area contributed by atoms with Crippen LogP contribution in [-0.4, -0.2) is 49.3 Å². The molecule has 4 rings (SSSR count). The molecule has 2 aromatic heterocycles. The molecule has 0 spiro atoms. The average molecular weight is 381 g/mol. The van der Waals surface area contributed by atoms with Gasteiger partial charge in [0.15, 0.2) is 0 Å². The van der Waals surface area contributed by atoms with Crippen LogP contribution >= 0.6 is 0 Å². The molecule has 3 heterocycles. The summed E-state index contributed by atoms with van der Waals surface area (Å²) < 4.78 is 4.00. The van der Waals surface area contributed by atoms with E-state index >= 15 is 0 Å². The number of nitrogens with one attached hydrogen (secondary N) is 2. The lowest BCUT2D eigenvalue weighted by molar-refractivity contribution is -0.132. The molecule has 2 N–H and O–H groups in total. The largest absolute Gasteiger partial charge is 0.340 e. The van der Waals surface area contributed by atoms with Gasteiger partial charge in [-0.2, -0.15) is 5.10 Å². The van der Waals surface area contributed by atoms with Gasteiger partial charge < -0.3 is 9.47 Å². The smallest absolute Gasteiger partial charge is 0.241 e. The number of likely N-dealkylation sites (N-methyl/N-ethyl adjacent to an activating group) is 1. The fourth-order valence-corrected chi connectivity index (χ4v) is 3.95. The Morgan fingerprint density at radius 1 is 1.29 bits per heavy atom. The Morgan fingerprint density at radius 2 is 2.07 bits per heavy atom. The number of hydrogen-bond donors (Lipinski definition) is 2. The minimum atomic E-state index is -0.234. The Morgan fingerprint density at radius 3 is 2.82 bits per heavy atom. The van der Waals surface area contributed by atoms with E-state index in [2.05, 4.69) is 31.6 Å². The molecule has 1 saturated heterocycles. The summed E-state index contributed by atoms with van der Waals surface area (Å²) in [5.74, 6) is 1.08. The van der Waals surface area contributed by atoms with Gasteiger partial charge in [0.05, 0.1) is 16.7 Å². The van der Waals surface area contributed by atoms with Gasteiger partial charge in [0, 0.05) is 45.0 Å². The first kappa shape index (κ1) is 18.6. The number of hydrazine groups is 1. The normalized spacial score (nSPS) is 19.4. The lowest BCUT2D eigenvalue weighted by atomic mass is 10.1. The van der Waals surface area contributed by atoms with Crippen LogP contribution in [0.3, 0.4) is 0 Å². The number of fused-ring (bicyclic) bond motifs is 1. The maximum atomic E-state index is 12.9. The molecule has 8 nitrogen and oxygen atoms in total. The highest BCUT2D eigenvalue weighted by Crippen LogP contribution is 2.19. The van der Waals surface area contributed by atoms with Crippen LogP contribution in [0, 0.1) is 13.8 Å². The predicted molar refractivity (Wildman–Crippen MR) is 107 cm³/mol. The van der Waals surface area contributed by atoms with Crippen molar-refractivity contribution in [1.29, 1.82) is 0 Å². The lowest BCUT2D eigenvalue weighted by Crippen LogP contribution is -2.44. The second-order valence-electron chi connectivity index (χ2n) is 7.64. The van der Waals surface area contributed by atoms with Crippen LogP contribution < -0.4 is 10.9 Å². The number of rotatable bonds is 5. The van der Waals surface area contributed by atoms with E-state index in [1.165, 1.54) is 0 Å². The van der Waals surface area contributed by atoms with Gasteiger partial charge >= 0.3 is 0 Å². The van der Waals surface area contributed by atoms with Gasteiger partial charge in [0.2, 0.25) is 5.91 Å². The average Bonchev–Trinajstić information content (AvgIpc) is 3.34. The van der Waals surface area contributed by atoms with E-state index in [9.17, 15) is 4.79 Å². The van der Waals surface area contributed by atoms with Gasteiger partial charge in [-0.3, -0.25) is 14.9 Å². The predicted octanol–water partition coefficient (Wildman–Crippen LogP) is 1.28. The fraction of sp³-hybridized carbons (Fsp3) is 0.450. The van der Waals surface area contributed by atoms with Crippen LogP contribution in [0.1, 0.15) is 23.5 Å². The zero-order valence-electron chi connectivity index (χ0n) is 16.8. The molecule has 2 atom stereocenters. The molecule has 0 radical (unpaired) electrons. The molecule has 28 heavy (non-hydrogen) atoms.